The Balaban J connectivity index is 2.90. The van der Waals surface area contributed by atoms with E-state index in [1.165, 1.54) is 0 Å². The fraction of sp³-hybridized carbons (Fsp3) is 0.364. The zero-order valence-corrected chi connectivity index (χ0v) is 8.53. The number of aliphatic carboxylic acids is 1. The largest absolute Gasteiger partial charge is 0.478 e. The first kappa shape index (κ1) is 10.6. The molecule has 76 valence electrons. The molecule has 0 amide bonds. The molecule has 1 aromatic rings. The van der Waals surface area contributed by atoms with E-state index in [0.717, 1.165) is 18.7 Å². The van der Waals surface area contributed by atoms with Gasteiger partial charge in [-0.25, -0.2) is 4.79 Å². The van der Waals surface area contributed by atoms with Crippen LogP contribution >= 0.6 is 0 Å². The smallest absolute Gasteiger partial charge is 0.331 e. The Morgan fingerprint density at radius 1 is 1.64 bits per heavy atom. The van der Waals surface area contributed by atoms with Crippen molar-refractivity contribution in [3.8, 4) is 0 Å². The lowest BCUT2D eigenvalue weighted by molar-refractivity contribution is -0.132. The summed E-state index contributed by atoms with van der Waals surface area (Å²) in [4.78, 5) is 10.6. The minimum atomic E-state index is -0.866. The molecule has 0 aliphatic rings. The van der Waals surface area contributed by atoms with Gasteiger partial charge < -0.3 is 9.67 Å². The Labute approximate surface area is 83.7 Å². The molecule has 14 heavy (non-hydrogen) atoms. The van der Waals surface area contributed by atoms with Gasteiger partial charge in [0, 0.05) is 24.0 Å². The molecule has 0 aliphatic heterocycles. The van der Waals surface area contributed by atoms with Crippen LogP contribution in [0.4, 0.5) is 0 Å². The molecule has 0 radical (unpaired) electrons. The third-order valence-electron chi connectivity index (χ3n) is 2.03. The van der Waals surface area contributed by atoms with E-state index in [2.05, 4.69) is 6.92 Å². The first-order chi connectivity index (χ1) is 6.65. The van der Waals surface area contributed by atoms with Crippen molar-refractivity contribution >= 4 is 12.0 Å². The van der Waals surface area contributed by atoms with Crippen LogP contribution in [-0.2, 0) is 11.3 Å². The van der Waals surface area contributed by atoms with Gasteiger partial charge in [0.2, 0.25) is 0 Å². The van der Waals surface area contributed by atoms with Crippen LogP contribution in [0, 0.1) is 0 Å². The van der Waals surface area contributed by atoms with Crippen molar-refractivity contribution in [2.45, 2.75) is 26.8 Å². The second-order valence-corrected chi connectivity index (χ2v) is 3.26. The third-order valence-corrected chi connectivity index (χ3v) is 2.03. The van der Waals surface area contributed by atoms with Gasteiger partial charge in [0.1, 0.15) is 0 Å². The highest BCUT2D eigenvalue weighted by Crippen LogP contribution is 2.09. The maximum atomic E-state index is 10.6. The molecule has 0 atom stereocenters. The minimum absolute atomic E-state index is 0.362. The molecule has 0 unspecified atom stereocenters. The zero-order valence-electron chi connectivity index (χ0n) is 8.53. The number of aromatic nitrogens is 1. The fourth-order valence-electron chi connectivity index (χ4n) is 1.29. The number of carboxylic acid groups (broad SMARTS) is 1. The van der Waals surface area contributed by atoms with Gasteiger partial charge in [-0.2, -0.15) is 0 Å². The Morgan fingerprint density at radius 2 is 2.36 bits per heavy atom. The lowest BCUT2D eigenvalue weighted by atomic mass is 10.2. The van der Waals surface area contributed by atoms with Crippen molar-refractivity contribution in [3.05, 3.63) is 29.6 Å². The molecule has 1 aromatic heterocycles. The molecule has 3 heteroatoms. The summed E-state index contributed by atoms with van der Waals surface area (Å²) < 4.78 is 2.05. The van der Waals surface area contributed by atoms with Crippen LogP contribution in [0.5, 0.6) is 0 Å². The summed E-state index contributed by atoms with van der Waals surface area (Å²) in [6, 6.07) is 3.85. The van der Waals surface area contributed by atoms with Crippen molar-refractivity contribution in [3.63, 3.8) is 0 Å². The van der Waals surface area contributed by atoms with E-state index in [-0.39, 0.29) is 0 Å². The number of nitrogens with zero attached hydrogens (tertiary/aromatic N) is 1. The van der Waals surface area contributed by atoms with Crippen molar-refractivity contribution in [2.24, 2.45) is 0 Å². The Morgan fingerprint density at radius 3 is 2.93 bits per heavy atom. The molecule has 0 saturated heterocycles. The molecule has 1 rings (SSSR count). The average Bonchev–Trinajstić information content (AvgIpc) is 2.53. The summed E-state index contributed by atoms with van der Waals surface area (Å²) in [5.41, 5.74) is 1.31. The molecule has 0 aliphatic carbocycles. The van der Waals surface area contributed by atoms with Crippen molar-refractivity contribution in [1.29, 1.82) is 0 Å². The number of carbonyl (C=O) groups is 1. The molecule has 1 heterocycles. The number of aryl methyl sites for hydroxylation is 1. The van der Waals surface area contributed by atoms with Crippen molar-refractivity contribution in [1.82, 2.24) is 4.57 Å². The van der Waals surface area contributed by atoms with Crippen LogP contribution in [0.3, 0.4) is 0 Å². The van der Waals surface area contributed by atoms with E-state index in [9.17, 15) is 4.79 Å². The zero-order chi connectivity index (χ0) is 10.6. The highest BCUT2D eigenvalue weighted by Gasteiger charge is 2.02. The number of carboxylic acids is 1. The SMILES string of the molecule is CCCn1cccc1C=C(C)C(=O)O. The standard InChI is InChI=1S/C11H15NO2/c1-3-6-12-7-4-5-10(12)8-9(2)11(13)14/h4-5,7-8H,3,6H2,1-2H3,(H,13,14). The van der Waals surface area contributed by atoms with Crippen molar-refractivity contribution < 1.29 is 9.90 Å². The first-order valence-corrected chi connectivity index (χ1v) is 4.72. The highest BCUT2D eigenvalue weighted by molar-refractivity contribution is 5.91. The Kier molecular flexibility index (Phi) is 3.51. The second kappa shape index (κ2) is 4.65. The van der Waals surface area contributed by atoms with E-state index in [1.807, 2.05) is 22.9 Å². The Bertz CT molecular complexity index is 350. The number of hydrogen-bond donors (Lipinski definition) is 1. The molecule has 0 fully saturated rings. The summed E-state index contributed by atoms with van der Waals surface area (Å²) in [7, 11) is 0. The summed E-state index contributed by atoms with van der Waals surface area (Å²) in [5.74, 6) is -0.866. The van der Waals surface area contributed by atoms with Crippen LogP contribution in [0.1, 0.15) is 26.0 Å². The predicted octanol–water partition coefficient (Wildman–Crippen LogP) is 2.39. The van der Waals surface area contributed by atoms with Gasteiger partial charge in [-0.05, 0) is 31.6 Å². The number of rotatable bonds is 4. The molecule has 3 nitrogen and oxygen atoms in total. The molecular formula is C11H15NO2. The van der Waals surface area contributed by atoms with Crippen molar-refractivity contribution in [2.75, 3.05) is 0 Å². The normalized spacial score (nSPS) is 11.7. The quantitative estimate of drug-likeness (QED) is 0.746. The van der Waals surface area contributed by atoms with Crippen LogP contribution in [0.25, 0.3) is 6.08 Å². The van der Waals surface area contributed by atoms with Gasteiger partial charge in [0.15, 0.2) is 0 Å². The van der Waals surface area contributed by atoms with E-state index in [0.29, 0.717) is 5.57 Å². The maximum Gasteiger partial charge on any atom is 0.331 e. The van der Waals surface area contributed by atoms with Gasteiger partial charge in [-0.3, -0.25) is 0 Å². The summed E-state index contributed by atoms with van der Waals surface area (Å²) in [6.45, 7) is 4.62. The molecule has 0 spiro atoms. The first-order valence-electron chi connectivity index (χ1n) is 4.72. The van der Waals surface area contributed by atoms with E-state index < -0.39 is 5.97 Å². The molecule has 0 saturated carbocycles. The maximum absolute atomic E-state index is 10.6. The molecule has 0 aromatic carbocycles. The Hall–Kier alpha value is -1.51. The highest BCUT2D eigenvalue weighted by atomic mass is 16.4. The van der Waals surface area contributed by atoms with E-state index in [1.54, 1.807) is 13.0 Å². The van der Waals surface area contributed by atoms with Gasteiger partial charge in [-0.15, -0.1) is 0 Å². The lowest BCUT2D eigenvalue weighted by Gasteiger charge is -2.03. The van der Waals surface area contributed by atoms with Crippen LogP contribution < -0.4 is 0 Å². The van der Waals surface area contributed by atoms with E-state index >= 15 is 0 Å². The van der Waals surface area contributed by atoms with Gasteiger partial charge in [0.25, 0.3) is 0 Å². The fourth-order valence-corrected chi connectivity index (χ4v) is 1.29. The average molecular weight is 193 g/mol. The predicted molar refractivity (Wildman–Crippen MR) is 56.0 cm³/mol. The third kappa shape index (κ3) is 2.49. The topological polar surface area (TPSA) is 42.2 Å². The van der Waals surface area contributed by atoms with Gasteiger partial charge in [0.05, 0.1) is 0 Å². The minimum Gasteiger partial charge on any atom is -0.478 e. The van der Waals surface area contributed by atoms with Crippen LogP contribution in [0.2, 0.25) is 0 Å². The lowest BCUT2D eigenvalue weighted by Crippen LogP contribution is -2.00. The second-order valence-electron chi connectivity index (χ2n) is 3.26. The van der Waals surface area contributed by atoms with E-state index in [4.69, 9.17) is 5.11 Å². The monoisotopic (exact) mass is 193 g/mol. The summed E-state index contributed by atoms with van der Waals surface area (Å²) in [5, 5.41) is 8.72. The number of hydrogen-bond acceptors (Lipinski definition) is 1. The summed E-state index contributed by atoms with van der Waals surface area (Å²) in [6.07, 6.45) is 4.70. The molecular weight excluding hydrogens is 178 g/mol. The molecule has 1 N–H and O–H groups in total. The molecule has 0 bridgehead atoms. The van der Waals surface area contributed by atoms with Gasteiger partial charge in [-0.1, -0.05) is 6.92 Å². The van der Waals surface area contributed by atoms with Crippen LogP contribution in [0.15, 0.2) is 23.9 Å². The summed E-state index contributed by atoms with van der Waals surface area (Å²) >= 11 is 0. The van der Waals surface area contributed by atoms with Gasteiger partial charge >= 0.3 is 5.97 Å². The van der Waals surface area contributed by atoms with Crippen LogP contribution in [-0.4, -0.2) is 15.6 Å².